The molecule has 1 atom stereocenters. The smallest absolute Gasteiger partial charge is 0.277 e. The molecule has 0 saturated carbocycles. The van der Waals surface area contributed by atoms with Gasteiger partial charge in [-0.2, -0.15) is 4.31 Å². The normalized spacial score (nSPS) is 15.9. The van der Waals surface area contributed by atoms with Crippen LogP contribution in [0.3, 0.4) is 0 Å². The second-order valence-corrected chi connectivity index (χ2v) is 10.9. The van der Waals surface area contributed by atoms with E-state index in [0.717, 1.165) is 29.5 Å². The first kappa shape index (κ1) is 21.0. The molecule has 0 radical (unpaired) electrons. The summed E-state index contributed by atoms with van der Waals surface area (Å²) >= 11 is 2.66. The van der Waals surface area contributed by atoms with Crippen molar-refractivity contribution in [3.05, 3.63) is 41.8 Å². The van der Waals surface area contributed by atoms with Crippen LogP contribution in [-0.4, -0.2) is 47.2 Å². The highest BCUT2D eigenvalue weighted by Gasteiger charge is 2.27. The van der Waals surface area contributed by atoms with Crippen LogP contribution in [0.15, 0.2) is 56.3 Å². The zero-order valence-corrected chi connectivity index (χ0v) is 18.6. The number of amides is 1. The van der Waals surface area contributed by atoms with Gasteiger partial charge in [0.25, 0.3) is 11.1 Å². The molecule has 3 heterocycles. The van der Waals surface area contributed by atoms with Crippen molar-refractivity contribution < 1.29 is 17.6 Å². The van der Waals surface area contributed by atoms with Gasteiger partial charge < -0.3 is 9.73 Å². The third kappa shape index (κ3) is 4.59. The van der Waals surface area contributed by atoms with Crippen molar-refractivity contribution in [3.63, 3.8) is 0 Å². The zero-order valence-electron chi connectivity index (χ0n) is 16.1. The lowest BCUT2D eigenvalue weighted by molar-refractivity contribution is -0.115. The van der Waals surface area contributed by atoms with Crippen LogP contribution in [0.25, 0.3) is 10.8 Å². The van der Waals surface area contributed by atoms with Crippen molar-refractivity contribution in [2.45, 2.75) is 35.1 Å². The van der Waals surface area contributed by atoms with Crippen LogP contribution in [0.2, 0.25) is 0 Å². The van der Waals surface area contributed by atoms with Gasteiger partial charge in [-0.05, 0) is 55.5 Å². The number of nitrogens with one attached hydrogen (secondary N) is 1. The van der Waals surface area contributed by atoms with E-state index in [1.54, 1.807) is 19.1 Å². The highest BCUT2D eigenvalue weighted by molar-refractivity contribution is 8.00. The highest BCUT2D eigenvalue weighted by Crippen LogP contribution is 2.29. The molecule has 4 rings (SSSR count). The molecule has 11 heteroatoms. The Bertz CT molecular complexity index is 1110. The first-order valence-corrected chi connectivity index (χ1v) is 12.6. The van der Waals surface area contributed by atoms with Crippen LogP contribution in [0.1, 0.15) is 19.8 Å². The standard InChI is InChI=1S/C19H20N4O4S3/c1-13(29-19-22-21-18(27-19)16-5-4-12-28-16)17(24)20-14-6-8-15(9-7-14)30(25,26)23-10-2-3-11-23/h4-9,12-13H,2-3,10-11H2,1H3,(H,20,24)/t13-/m1/s1. The Hall–Kier alpha value is -2.21. The van der Waals surface area contributed by atoms with Gasteiger partial charge in [-0.15, -0.1) is 21.5 Å². The van der Waals surface area contributed by atoms with Crippen LogP contribution in [0.5, 0.6) is 0 Å². The average molecular weight is 465 g/mol. The quantitative estimate of drug-likeness (QED) is 0.532. The van der Waals surface area contributed by atoms with Crippen LogP contribution in [0, 0.1) is 0 Å². The fourth-order valence-corrected chi connectivity index (χ4v) is 5.84. The molecule has 0 unspecified atom stereocenters. The zero-order chi connectivity index (χ0) is 21.1. The van der Waals surface area contributed by atoms with Crippen LogP contribution >= 0.6 is 23.1 Å². The van der Waals surface area contributed by atoms with E-state index >= 15 is 0 Å². The molecule has 1 aromatic carbocycles. The summed E-state index contributed by atoms with van der Waals surface area (Å²) in [5.74, 6) is 0.181. The number of nitrogens with zero attached hydrogens (tertiary/aromatic N) is 3. The van der Waals surface area contributed by atoms with Crippen molar-refractivity contribution in [2.24, 2.45) is 0 Å². The summed E-state index contributed by atoms with van der Waals surface area (Å²) in [6, 6.07) is 10.0. The van der Waals surface area contributed by atoms with Crippen molar-refractivity contribution in [1.29, 1.82) is 0 Å². The maximum atomic E-state index is 12.6. The van der Waals surface area contributed by atoms with E-state index in [9.17, 15) is 13.2 Å². The number of benzene rings is 1. The Morgan fingerprint density at radius 1 is 1.20 bits per heavy atom. The van der Waals surface area contributed by atoms with Gasteiger partial charge in [0.15, 0.2) is 0 Å². The molecule has 0 aliphatic carbocycles. The van der Waals surface area contributed by atoms with Crippen molar-refractivity contribution in [3.8, 4) is 10.8 Å². The number of hydrogen-bond acceptors (Lipinski definition) is 8. The van der Waals surface area contributed by atoms with Gasteiger partial charge in [-0.25, -0.2) is 8.42 Å². The maximum Gasteiger partial charge on any atom is 0.277 e. The molecule has 1 fully saturated rings. The number of thiophene rings is 1. The number of thioether (sulfide) groups is 1. The van der Waals surface area contributed by atoms with Crippen LogP contribution < -0.4 is 5.32 Å². The summed E-state index contributed by atoms with van der Waals surface area (Å²) in [7, 11) is -3.47. The predicted molar refractivity (Wildman–Crippen MR) is 116 cm³/mol. The minimum Gasteiger partial charge on any atom is -0.410 e. The van der Waals surface area contributed by atoms with Gasteiger partial charge >= 0.3 is 0 Å². The SMILES string of the molecule is C[C@@H](Sc1nnc(-c2cccs2)o1)C(=O)Nc1ccc(S(=O)(=O)N2CCCC2)cc1. The molecule has 8 nitrogen and oxygen atoms in total. The Morgan fingerprint density at radius 2 is 1.93 bits per heavy atom. The average Bonchev–Trinajstić information content (AvgIpc) is 3.49. The molecule has 0 bridgehead atoms. The monoisotopic (exact) mass is 464 g/mol. The van der Waals surface area contributed by atoms with Gasteiger partial charge in [0.1, 0.15) is 0 Å². The van der Waals surface area contributed by atoms with E-state index < -0.39 is 15.3 Å². The molecule has 3 aromatic rings. The fourth-order valence-electron chi connectivity index (χ4n) is 2.99. The third-order valence-electron chi connectivity index (χ3n) is 4.61. The lowest BCUT2D eigenvalue weighted by atomic mass is 10.3. The summed E-state index contributed by atoms with van der Waals surface area (Å²) in [4.78, 5) is 13.6. The molecule has 1 amide bonds. The van der Waals surface area contributed by atoms with E-state index in [-0.39, 0.29) is 10.8 Å². The van der Waals surface area contributed by atoms with E-state index in [2.05, 4.69) is 15.5 Å². The summed E-state index contributed by atoms with van der Waals surface area (Å²) in [5.41, 5.74) is 0.526. The Kier molecular flexibility index (Phi) is 6.23. The summed E-state index contributed by atoms with van der Waals surface area (Å²) < 4.78 is 32.3. The second kappa shape index (κ2) is 8.88. The highest BCUT2D eigenvalue weighted by atomic mass is 32.2. The summed E-state index contributed by atoms with van der Waals surface area (Å²) in [6.07, 6.45) is 1.77. The lowest BCUT2D eigenvalue weighted by Crippen LogP contribution is -2.27. The second-order valence-electron chi connectivity index (χ2n) is 6.74. The molecule has 1 aliphatic heterocycles. The van der Waals surface area contributed by atoms with E-state index in [4.69, 9.17) is 4.42 Å². The number of sulfonamides is 1. The van der Waals surface area contributed by atoms with Gasteiger partial charge in [0.2, 0.25) is 15.9 Å². The molecule has 1 N–H and O–H groups in total. The first-order chi connectivity index (χ1) is 14.4. The number of rotatable bonds is 7. The molecule has 1 saturated heterocycles. The molecule has 1 aliphatic rings. The molecule has 30 heavy (non-hydrogen) atoms. The lowest BCUT2D eigenvalue weighted by Gasteiger charge is -2.16. The number of anilines is 1. The van der Waals surface area contributed by atoms with Crippen LogP contribution in [-0.2, 0) is 14.8 Å². The van der Waals surface area contributed by atoms with Gasteiger partial charge in [-0.1, -0.05) is 17.8 Å². The first-order valence-electron chi connectivity index (χ1n) is 9.38. The van der Waals surface area contributed by atoms with Crippen molar-refractivity contribution >= 4 is 44.7 Å². The van der Waals surface area contributed by atoms with Crippen LogP contribution in [0.4, 0.5) is 5.69 Å². The minimum atomic E-state index is -3.47. The number of hydrogen-bond donors (Lipinski definition) is 1. The molecular formula is C19H20N4O4S3. The Labute approximate surface area is 182 Å². The Balaban J connectivity index is 1.36. The van der Waals surface area contributed by atoms with Crippen molar-refractivity contribution in [2.75, 3.05) is 18.4 Å². The largest absolute Gasteiger partial charge is 0.410 e. The molecular weight excluding hydrogens is 444 g/mol. The molecule has 0 spiro atoms. The third-order valence-corrected chi connectivity index (χ3v) is 8.31. The van der Waals surface area contributed by atoms with Crippen molar-refractivity contribution in [1.82, 2.24) is 14.5 Å². The fraction of sp³-hybridized carbons (Fsp3) is 0.316. The minimum absolute atomic E-state index is 0.233. The number of aromatic nitrogens is 2. The Morgan fingerprint density at radius 3 is 2.60 bits per heavy atom. The summed E-state index contributed by atoms with van der Waals surface area (Å²) in [6.45, 7) is 2.85. The van der Waals surface area contributed by atoms with E-state index in [0.29, 0.717) is 29.9 Å². The number of carbonyl (C=O) groups excluding carboxylic acids is 1. The van der Waals surface area contributed by atoms with E-state index in [1.807, 2.05) is 17.5 Å². The molecule has 158 valence electrons. The molecule has 2 aromatic heterocycles. The maximum absolute atomic E-state index is 12.6. The van der Waals surface area contributed by atoms with E-state index in [1.165, 1.54) is 27.8 Å². The number of carbonyl (C=O) groups is 1. The summed E-state index contributed by atoms with van der Waals surface area (Å²) in [5, 5.41) is 12.5. The van der Waals surface area contributed by atoms with Gasteiger partial charge in [0.05, 0.1) is 15.0 Å². The predicted octanol–water partition coefficient (Wildman–Crippen LogP) is 3.70. The topological polar surface area (TPSA) is 105 Å². The van der Waals surface area contributed by atoms with Gasteiger partial charge in [-0.3, -0.25) is 4.79 Å². The van der Waals surface area contributed by atoms with Gasteiger partial charge in [0, 0.05) is 18.8 Å².